The second-order valence-corrected chi connectivity index (χ2v) is 7.09. The number of carbonyl (C=O) groups excluding carboxylic acids is 1. The summed E-state index contributed by atoms with van der Waals surface area (Å²) in [5.41, 5.74) is 1.65. The van der Waals surface area contributed by atoms with E-state index < -0.39 is 6.04 Å². The molecule has 0 aliphatic carbocycles. The Kier molecular flexibility index (Phi) is 5.42. The van der Waals surface area contributed by atoms with Crippen molar-refractivity contribution in [2.24, 2.45) is 0 Å². The van der Waals surface area contributed by atoms with Crippen LogP contribution in [0, 0.1) is 0 Å². The second kappa shape index (κ2) is 8.14. The first-order valence-corrected chi connectivity index (χ1v) is 9.53. The van der Waals surface area contributed by atoms with Crippen molar-refractivity contribution >= 4 is 40.2 Å². The third-order valence-corrected chi connectivity index (χ3v) is 4.76. The fraction of sp³-hybridized carbons (Fsp3) is 0.150. The third kappa shape index (κ3) is 4.21. The van der Waals surface area contributed by atoms with Crippen molar-refractivity contribution in [2.45, 2.75) is 19.7 Å². The monoisotopic (exact) mass is 430 g/mol. The van der Waals surface area contributed by atoms with Crippen molar-refractivity contribution in [3.05, 3.63) is 76.4 Å². The minimum atomic E-state index is -0.418. The molecule has 0 saturated heterocycles. The summed E-state index contributed by atoms with van der Waals surface area (Å²) < 4.78 is 12.8. The number of para-hydroxylation sites is 3. The molecule has 0 spiro atoms. The van der Waals surface area contributed by atoms with Crippen LogP contribution in [-0.4, -0.2) is 20.7 Å². The van der Waals surface area contributed by atoms with E-state index in [-0.39, 0.29) is 18.3 Å². The minimum Gasteiger partial charge on any atom is -0.468 e. The number of nitrogens with one attached hydrogen (secondary N) is 1. The molecule has 0 saturated carbocycles. The molecule has 0 aliphatic rings. The van der Waals surface area contributed by atoms with Gasteiger partial charge in [-0.15, -0.1) is 0 Å². The first-order valence-electron chi connectivity index (χ1n) is 8.78. The molecule has 1 atom stereocenters. The van der Waals surface area contributed by atoms with Gasteiger partial charge in [0.25, 0.3) is 5.91 Å². The van der Waals surface area contributed by atoms with Gasteiger partial charge in [0.15, 0.2) is 18.1 Å². The number of fused-ring (bicyclic) bond motifs is 1. The van der Waals surface area contributed by atoms with Crippen LogP contribution in [0.2, 0.25) is 10.0 Å². The Morgan fingerprint density at radius 3 is 2.69 bits per heavy atom. The Bertz CT molecular complexity index is 1120. The molecule has 2 aromatic heterocycles. The van der Waals surface area contributed by atoms with Gasteiger partial charge in [0, 0.05) is 6.20 Å². The molecular formula is C20H16Cl2N4O3. The molecule has 9 heteroatoms. The van der Waals surface area contributed by atoms with Crippen molar-refractivity contribution in [1.29, 1.82) is 0 Å². The van der Waals surface area contributed by atoms with Gasteiger partial charge >= 0.3 is 0 Å². The highest BCUT2D eigenvalue weighted by molar-refractivity contribution is 6.37. The summed E-state index contributed by atoms with van der Waals surface area (Å²) in [6, 6.07) is 13.7. The number of rotatable bonds is 6. The van der Waals surface area contributed by atoms with Crippen LogP contribution in [0.4, 0.5) is 0 Å². The predicted octanol–water partition coefficient (Wildman–Crippen LogP) is 4.86. The van der Waals surface area contributed by atoms with Crippen molar-refractivity contribution in [2.75, 3.05) is 0 Å². The molecule has 29 heavy (non-hydrogen) atoms. The number of oxazole rings is 1. The van der Waals surface area contributed by atoms with Gasteiger partial charge in [-0.25, -0.2) is 9.67 Å². The van der Waals surface area contributed by atoms with Crippen molar-refractivity contribution in [3.8, 4) is 5.75 Å². The Morgan fingerprint density at radius 1 is 1.17 bits per heavy atom. The minimum absolute atomic E-state index is 0.0530. The summed E-state index contributed by atoms with van der Waals surface area (Å²) in [4.78, 5) is 16.9. The van der Waals surface area contributed by atoms with Gasteiger partial charge < -0.3 is 14.5 Å². The fourth-order valence-corrected chi connectivity index (χ4v) is 3.22. The quantitative estimate of drug-likeness (QED) is 0.472. The van der Waals surface area contributed by atoms with Crippen molar-refractivity contribution in [1.82, 2.24) is 20.1 Å². The molecule has 1 N–H and O–H groups in total. The SMILES string of the molecule is CC(NC(=O)c1ccn(COc2c(Cl)cccc2Cl)n1)c1nc2ccccc2o1. The molecule has 0 fully saturated rings. The lowest BCUT2D eigenvalue weighted by atomic mass is 10.3. The van der Waals surface area contributed by atoms with Gasteiger partial charge in [-0.3, -0.25) is 4.79 Å². The molecular weight excluding hydrogens is 415 g/mol. The third-order valence-electron chi connectivity index (χ3n) is 4.16. The maximum atomic E-state index is 12.5. The molecule has 2 heterocycles. The van der Waals surface area contributed by atoms with Gasteiger partial charge in [0.05, 0.1) is 10.0 Å². The van der Waals surface area contributed by atoms with Crippen LogP contribution in [-0.2, 0) is 6.73 Å². The maximum Gasteiger partial charge on any atom is 0.272 e. The highest BCUT2D eigenvalue weighted by atomic mass is 35.5. The molecule has 0 radical (unpaired) electrons. The summed E-state index contributed by atoms with van der Waals surface area (Å²) in [7, 11) is 0. The van der Waals surface area contributed by atoms with E-state index in [0.29, 0.717) is 27.3 Å². The largest absolute Gasteiger partial charge is 0.468 e. The van der Waals surface area contributed by atoms with Gasteiger partial charge in [-0.1, -0.05) is 41.4 Å². The van der Waals surface area contributed by atoms with E-state index in [1.807, 2.05) is 24.3 Å². The Hall–Kier alpha value is -3.03. The van der Waals surface area contributed by atoms with Gasteiger partial charge in [0.1, 0.15) is 17.3 Å². The van der Waals surface area contributed by atoms with Crippen LogP contribution in [0.1, 0.15) is 29.3 Å². The van der Waals surface area contributed by atoms with E-state index in [4.69, 9.17) is 32.4 Å². The van der Waals surface area contributed by atoms with Crippen LogP contribution in [0.5, 0.6) is 5.75 Å². The molecule has 4 aromatic rings. The molecule has 1 amide bonds. The number of nitrogens with zero attached hydrogens (tertiary/aromatic N) is 3. The Morgan fingerprint density at radius 2 is 1.93 bits per heavy atom. The fourth-order valence-electron chi connectivity index (χ4n) is 2.71. The highest BCUT2D eigenvalue weighted by Gasteiger charge is 2.18. The molecule has 1 unspecified atom stereocenters. The van der Waals surface area contributed by atoms with E-state index in [1.165, 1.54) is 4.68 Å². The number of hydrogen-bond donors (Lipinski definition) is 1. The summed E-state index contributed by atoms with van der Waals surface area (Å²) in [5, 5.41) is 7.84. The van der Waals surface area contributed by atoms with E-state index in [0.717, 1.165) is 5.52 Å². The summed E-state index contributed by atoms with van der Waals surface area (Å²) in [6.07, 6.45) is 1.63. The molecule has 7 nitrogen and oxygen atoms in total. The van der Waals surface area contributed by atoms with E-state index in [9.17, 15) is 4.79 Å². The Balaban J connectivity index is 1.40. The number of carbonyl (C=O) groups is 1. The molecule has 0 bridgehead atoms. The zero-order valence-corrected chi connectivity index (χ0v) is 16.8. The van der Waals surface area contributed by atoms with Gasteiger partial charge in [0.2, 0.25) is 5.89 Å². The van der Waals surface area contributed by atoms with Crippen LogP contribution in [0.15, 0.2) is 59.1 Å². The topological polar surface area (TPSA) is 82.2 Å². The van der Waals surface area contributed by atoms with E-state index in [1.54, 1.807) is 37.4 Å². The van der Waals surface area contributed by atoms with E-state index >= 15 is 0 Å². The molecule has 4 rings (SSSR count). The van der Waals surface area contributed by atoms with Crippen LogP contribution < -0.4 is 10.1 Å². The average Bonchev–Trinajstić information content (AvgIpc) is 3.34. The highest BCUT2D eigenvalue weighted by Crippen LogP contribution is 2.32. The van der Waals surface area contributed by atoms with Crippen LogP contribution in [0.3, 0.4) is 0 Å². The van der Waals surface area contributed by atoms with Crippen molar-refractivity contribution in [3.63, 3.8) is 0 Å². The number of amides is 1. The predicted molar refractivity (Wildman–Crippen MR) is 109 cm³/mol. The smallest absolute Gasteiger partial charge is 0.272 e. The van der Waals surface area contributed by atoms with Gasteiger partial charge in [-0.2, -0.15) is 5.10 Å². The second-order valence-electron chi connectivity index (χ2n) is 6.28. The zero-order valence-electron chi connectivity index (χ0n) is 15.3. The lowest BCUT2D eigenvalue weighted by molar-refractivity contribution is 0.0927. The lowest BCUT2D eigenvalue weighted by Crippen LogP contribution is -2.27. The molecule has 2 aromatic carbocycles. The summed E-state index contributed by atoms with van der Waals surface area (Å²) in [5.74, 6) is 0.437. The van der Waals surface area contributed by atoms with Crippen molar-refractivity contribution < 1.29 is 13.9 Å². The van der Waals surface area contributed by atoms with E-state index in [2.05, 4.69) is 15.4 Å². The standard InChI is InChI=1S/C20H16Cl2N4O3/c1-12(20-24-15-7-2-3-8-17(15)29-20)23-19(27)16-9-10-26(25-16)11-28-18-13(21)5-4-6-14(18)22/h2-10,12H,11H2,1H3,(H,23,27). The number of ether oxygens (including phenoxy) is 1. The normalized spacial score (nSPS) is 12.1. The zero-order chi connectivity index (χ0) is 20.4. The van der Waals surface area contributed by atoms with Crippen LogP contribution >= 0.6 is 23.2 Å². The van der Waals surface area contributed by atoms with Gasteiger partial charge in [-0.05, 0) is 37.3 Å². The average molecular weight is 431 g/mol. The number of hydrogen-bond acceptors (Lipinski definition) is 5. The molecule has 0 aliphatic heterocycles. The summed E-state index contributed by atoms with van der Waals surface area (Å²) in [6.45, 7) is 1.85. The number of aromatic nitrogens is 3. The number of halogens is 2. The number of benzene rings is 2. The molecule has 148 valence electrons. The van der Waals surface area contributed by atoms with Crippen LogP contribution in [0.25, 0.3) is 11.1 Å². The summed E-state index contributed by atoms with van der Waals surface area (Å²) >= 11 is 12.2. The maximum absolute atomic E-state index is 12.5. The first-order chi connectivity index (χ1) is 14.0. The lowest BCUT2D eigenvalue weighted by Gasteiger charge is -2.10. The first kappa shape index (κ1) is 19.3. The Labute approximate surface area is 176 Å².